The molecule has 5 rings (SSSR count). The minimum absolute atomic E-state index is 0.107. The Balaban J connectivity index is 1.34. The summed E-state index contributed by atoms with van der Waals surface area (Å²) in [6, 6.07) is 9.12. The summed E-state index contributed by atoms with van der Waals surface area (Å²) in [7, 11) is 0. The van der Waals surface area contributed by atoms with Crippen molar-refractivity contribution in [2.75, 3.05) is 62.8 Å². The van der Waals surface area contributed by atoms with Gasteiger partial charge in [-0.2, -0.15) is 9.97 Å². The molecule has 1 atom stereocenters. The van der Waals surface area contributed by atoms with Crippen LogP contribution in [0.4, 0.5) is 24.9 Å². The average Bonchev–Trinajstić information content (AvgIpc) is 3.39. The predicted octanol–water partition coefficient (Wildman–Crippen LogP) is 4.60. The molecule has 1 saturated carbocycles. The number of halogens is 3. The van der Waals surface area contributed by atoms with E-state index in [9.17, 15) is 18.3 Å². The molecular formula is C29H40F3N7O2. The van der Waals surface area contributed by atoms with Crippen LogP contribution in [0.5, 0.6) is 0 Å². The van der Waals surface area contributed by atoms with Crippen LogP contribution >= 0.6 is 0 Å². The molecule has 2 aromatic heterocycles. The van der Waals surface area contributed by atoms with Crippen molar-refractivity contribution in [2.24, 2.45) is 5.92 Å². The summed E-state index contributed by atoms with van der Waals surface area (Å²) in [5.41, 5.74) is 1.04. The van der Waals surface area contributed by atoms with E-state index < -0.39 is 12.6 Å². The van der Waals surface area contributed by atoms with Crippen molar-refractivity contribution in [1.29, 1.82) is 0 Å². The quantitative estimate of drug-likeness (QED) is 0.324. The maximum atomic E-state index is 14.1. The van der Waals surface area contributed by atoms with Crippen LogP contribution in [0.1, 0.15) is 51.3 Å². The fourth-order valence-electron chi connectivity index (χ4n) is 5.97. The van der Waals surface area contributed by atoms with Crippen LogP contribution in [0.2, 0.25) is 0 Å². The highest BCUT2D eigenvalue weighted by Crippen LogP contribution is 2.31. The fraction of sp³-hybridized carbons (Fsp3) is 0.621. The maximum Gasteiger partial charge on any atom is 0.296 e. The van der Waals surface area contributed by atoms with E-state index in [1.54, 1.807) is 37.3 Å². The fourth-order valence-corrected chi connectivity index (χ4v) is 5.97. The third kappa shape index (κ3) is 7.28. The van der Waals surface area contributed by atoms with Crippen LogP contribution < -0.4 is 10.2 Å². The second kappa shape index (κ2) is 13.8. The summed E-state index contributed by atoms with van der Waals surface area (Å²) in [5, 5.41) is 12.6. The Kier molecular flexibility index (Phi) is 9.94. The molecule has 1 aliphatic heterocycles. The standard InChI is InChI=1S/C29H40F3N7O2/c1-20(30)19-38(11-4-14-40)22-9-7-21(8-10-22)18-33-29-35-25(37-12-15-41-16-13-37)17-26(36-29)39-24-6-3-2-5-23(24)34-28(39)27(31)32/h2-3,5-6,17,20-22,27,40H,4,7-16,18-19H2,1H3,(H,33,35,36). The number of aromatic nitrogens is 4. The third-order valence-corrected chi connectivity index (χ3v) is 8.02. The lowest BCUT2D eigenvalue weighted by Crippen LogP contribution is -2.42. The number of imidazole rings is 1. The van der Waals surface area contributed by atoms with Gasteiger partial charge in [0.1, 0.15) is 17.8 Å². The Labute approximate surface area is 238 Å². The monoisotopic (exact) mass is 575 g/mol. The molecule has 0 bridgehead atoms. The lowest BCUT2D eigenvalue weighted by molar-refractivity contribution is 0.102. The van der Waals surface area contributed by atoms with Crippen LogP contribution in [-0.2, 0) is 4.74 Å². The molecule has 1 aliphatic carbocycles. The van der Waals surface area contributed by atoms with Crippen LogP contribution in [0.15, 0.2) is 30.3 Å². The van der Waals surface area contributed by atoms with Gasteiger partial charge in [-0.3, -0.25) is 9.47 Å². The van der Waals surface area contributed by atoms with E-state index in [0.29, 0.717) is 92.9 Å². The topological polar surface area (TPSA) is 91.6 Å². The lowest BCUT2D eigenvalue weighted by atomic mass is 9.85. The summed E-state index contributed by atoms with van der Waals surface area (Å²) < 4.78 is 49.0. The predicted molar refractivity (Wildman–Crippen MR) is 153 cm³/mol. The number of nitrogens with zero attached hydrogens (tertiary/aromatic N) is 6. The summed E-state index contributed by atoms with van der Waals surface area (Å²) in [4.78, 5) is 17.9. The second-order valence-electron chi connectivity index (χ2n) is 11.0. The number of anilines is 2. The van der Waals surface area contributed by atoms with Gasteiger partial charge in [-0.05, 0) is 57.1 Å². The molecule has 41 heavy (non-hydrogen) atoms. The number of aliphatic hydroxyl groups is 1. The largest absolute Gasteiger partial charge is 0.396 e. The van der Waals surface area contributed by atoms with Gasteiger partial charge < -0.3 is 20.1 Å². The molecule has 0 spiro atoms. The van der Waals surface area contributed by atoms with Crippen LogP contribution in [-0.4, -0.2) is 94.3 Å². The Bertz CT molecular complexity index is 1260. The number of hydrogen-bond donors (Lipinski definition) is 2. The minimum atomic E-state index is -2.77. The molecule has 2 N–H and O–H groups in total. The number of aliphatic hydroxyl groups excluding tert-OH is 1. The van der Waals surface area contributed by atoms with Crippen molar-refractivity contribution < 1.29 is 23.0 Å². The summed E-state index contributed by atoms with van der Waals surface area (Å²) in [5.74, 6) is 1.42. The van der Waals surface area contributed by atoms with Gasteiger partial charge >= 0.3 is 0 Å². The van der Waals surface area contributed by atoms with E-state index in [-0.39, 0.29) is 12.4 Å². The van der Waals surface area contributed by atoms with Crippen LogP contribution in [0.3, 0.4) is 0 Å². The van der Waals surface area contributed by atoms with E-state index in [1.807, 2.05) is 0 Å². The van der Waals surface area contributed by atoms with Crippen molar-refractivity contribution in [2.45, 2.75) is 57.7 Å². The molecule has 0 radical (unpaired) electrons. The van der Waals surface area contributed by atoms with Crippen molar-refractivity contribution >= 4 is 22.8 Å². The molecule has 12 heteroatoms. The van der Waals surface area contributed by atoms with Crippen LogP contribution in [0, 0.1) is 5.92 Å². The maximum absolute atomic E-state index is 14.1. The smallest absolute Gasteiger partial charge is 0.296 e. The van der Waals surface area contributed by atoms with E-state index in [1.165, 1.54) is 4.57 Å². The van der Waals surface area contributed by atoms with Gasteiger partial charge in [0.15, 0.2) is 5.82 Å². The normalized spacial score (nSPS) is 20.7. The number of ether oxygens (including phenoxy) is 1. The minimum Gasteiger partial charge on any atom is -0.396 e. The van der Waals surface area contributed by atoms with E-state index >= 15 is 0 Å². The molecule has 224 valence electrons. The first-order valence-electron chi connectivity index (χ1n) is 14.6. The van der Waals surface area contributed by atoms with Crippen molar-refractivity contribution in [3.63, 3.8) is 0 Å². The average molecular weight is 576 g/mol. The van der Waals surface area contributed by atoms with E-state index in [0.717, 1.165) is 25.7 Å². The molecule has 2 fully saturated rings. The lowest BCUT2D eigenvalue weighted by Gasteiger charge is -2.37. The Morgan fingerprint density at radius 3 is 2.49 bits per heavy atom. The molecule has 3 aromatic rings. The Morgan fingerprint density at radius 2 is 1.78 bits per heavy atom. The SMILES string of the molecule is CC(F)CN(CCCO)C1CCC(CNc2nc(N3CCOCC3)cc(-n3c(C(F)F)nc4ccccc43)n2)CC1. The highest BCUT2D eigenvalue weighted by molar-refractivity contribution is 5.78. The number of alkyl halides is 3. The molecule has 0 amide bonds. The number of para-hydroxylation sites is 2. The van der Waals surface area contributed by atoms with Gasteiger partial charge in [-0.1, -0.05) is 12.1 Å². The van der Waals surface area contributed by atoms with E-state index in [2.05, 4.69) is 20.1 Å². The zero-order chi connectivity index (χ0) is 28.8. The first-order valence-corrected chi connectivity index (χ1v) is 14.6. The second-order valence-corrected chi connectivity index (χ2v) is 11.0. The van der Waals surface area contributed by atoms with Gasteiger partial charge in [-0.25, -0.2) is 18.2 Å². The molecule has 1 unspecified atom stereocenters. The number of morpholine rings is 1. The number of benzene rings is 1. The van der Waals surface area contributed by atoms with Gasteiger partial charge in [-0.15, -0.1) is 0 Å². The van der Waals surface area contributed by atoms with Crippen molar-refractivity contribution in [3.05, 3.63) is 36.2 Å². The first-order chi connectivity index (χ1) is 19.9. The van der Waals surface area contributed by atoms with Gasteiger partial charge in [0.05, 0.1) is 24.2 Å². The number of fused-ring (bicyclic) bond motifs is 1. The van der Waals surface area contributed by atoms with Crippen LogP contribution in [0.25, 0.3) is 16.9 Å². The zero-order valence-corrected chi connectivity index (χ0v) is 23.6. The zero-order valence-electron chi connectivity index (χ0n) is 23.6. The summed E-state index contributed by atoms with van der Waals surface area (Å²) in [6.07, 6.45) is 0.848. The third-order valence-electron chi connectivity index (χ3n) is 8.02. The summed E-state index contributed by atoms with van der Waals surface area (Å²) in [6.45, 7) is 5.87. The molecule has 1 aromatic carbocycles. The summed E-state index contributed by atoms with van der Waals surface area (Å²) >= 11 is 0. The Morgan fingerprint density at radius 1 is 1.05 bits per heavy atom. The van der Waals surface area contributed by atoms with Gasteiger partial charge in [0.25, 0.3) is 6.43 Å². The molecule has 9 nitrogen and oxygen atoms in total. The van der Waals surface area contributed by atoms with Gasteiger partial charge in [0, 0.05) is 51.4 Å². The van der Waals surface area contributed by atoms with E-state index in [4.69, 9.17) is 14.7 Å². The van der Waals surface area contributed by atoms with Crippen molar-refractivity contribution in [1.82, 2.24) is 24.4 Å². The first kappa shape index (κ1) is 29.5. The van der Waals surface area contributed by atoms with Crippen molar-refractivity contribution in [3.8, 4) is 5.82 Å². The number of hydrogen-bond acceptors (Lipinski definition) is 8. The molecule has 2 aliphatic rings. The number of nitrogens with one attached hydrogen (secondary N) is 1. The molecular weight excluding hydrogens is 535 g/mol. The highest BCUT2D eigenvalue weighted by Gasteiger charge is 2.27. The highest BCUT2D eigenvalue weighted by atomic mass is 19.3. The Hall–Kier alpha value is -2.96. The van der Waals surface area contributed by atoms with Gasteiger partial charge in [0.2, 0.25) is 5.95 Å². The molecule has 3 heterocycles. The molecule has 1 saturated heterocycles. The number of rotatable bonds is 12.